The van der Waals surface area contributed by atoms with Gasteiger partial charge in [-0.25, -0.2) is 9.07 Å². The van der Waals surface area contributed by atoms with E-state index >= 15 is 0 Å². The van der Waals surface area contributed by atoms with Crippen LogP contribution in [0.3, 0.4) is 0 Å². The van der Waals surface area contributed by atoms with Gasteiger partial charge in [0.1, 0.15) is 5.82 Å². The van der Waals surface area contributed by atoms with Crippen LogP contribution in [0, 0.1) is 5.82 Å². The summed E-state index contributed by atoms with van der Waals surface area (Å²) in [5, 5.41) is 15.0. The minimum absolute atomic E-state index is 0.0297. The number of nitrogens with zero attached hydrogens (tertiary/aromatic N) is 4. The van der Waals surface area contributed by atoms with Crippen molar-refractivity contribution in [1.29, 1.82) is 0 Å². The van der Waals surface area contributed by atoms with Crippen LogP contribution in [0.2, 0.25) is 0 Å². The molecule has 0 radical (unpaired) electrons. The molecular formula is C14H20FN5. The Morgan fingerprint density at radius 3 is 2.65 bits per heavy atom. The molecule has 0 aliphatic rings. The van der Waals surface area contributed by atoms with Crippen LogP contribution in [0.15, 0.2) is 24.3 Å². The maximum absolute atomic E-state index is 13.8. The molecule has 1 aromatic heterocycles. The lowest BCUT2D eigenvalue weighted by atomic mass is 10.1. The smallest absolute Gasteiger partial charge is 0.165 e. The minimum Gasteiger partial charge on any atom is -0.305 e. The van der Waals surface area contributed by atoms with E-state index in [2.05, 4.69) is 41.6 Å². The van der Waals surface area contributed by atoms with Crippen molar-refractivity contribution in [3.05, 3.63) is 41.5 Å². The standard InChI is InChI=1S/C14H20FN5/c1-10(11-7-5-6-8-12(11)15)20-13(17-18-19-20)9-16-14(2,3)4/h5-8,10,16H,9H2,1-4H3. The monoisotopic (exact) mass is 277 g/mol. The maximum atomic E-state index is 13.8. The number of hydrogen-bond donors (Lipinski definition) is 1. The van der Waals surface area contributed by atoms with Crippen molar-refractivity contribution in [3.63, 3.8) is 0 Å². The van der Waals surface area contributed by atoms with Gasteiger partial charge in [0.05, 0.1) is 12.6 Å². The van der Waals surface area contributed by atoms with Crippen LogP contribution in [-0.4, -0.2) is 25.7 Å². The van der Waals surface area contributed by atoms with Crippen molar-refractivity contribution in [2.45, 2.75) is 45.8 Å². The zero-order valence-electron chi connectivity index (χ0n) is 12.3. The SMILES string of the molecule is CC(c1ccccc1F)n1nnnc1CNC(C)(C)C. The molecule has 2 rings (SSSR count). The van der Waals surface area contributed by atoms with Crippen LogP contribution in [-0.2, 0) is 6.54 Å². The quantitative estimate of drug-likeness (QED) is 0.931. The average Bonchev–Trinajstić information content (AvgIpc) is 2.83. The molecule has 0 bridgehead atoms. The highest BCUT2D eigenvalue weighted by molar-refractivity contribution is 5.21. The first-order valence-corrected chi connectivity index (χ1v) is 6.64. The predicted octanol–water partition coefficient (Wildman–Crippen LogP) is 2.31. The molecule has 20 heavy (non-hydrogen) atoms. The summed E-state index contributed by atoms with van der Waals surface area (Å²) in [6, 6.07) is 6.44. The van der Waals surface area contributed by atoms with Crippen LogP contribution in [0.25, 0.3) is 0 Å². The van der Waals surface area contributed by atoms with Gasteiger partial charge in [-0.3, -0.25) is 0 Å². The zero-order valence-corrected chi connectivity index (χ0v) is 12.3. The van der Waals surface area contributed by atoms with Crippen LogP contribution in [0.4, 0.5) is 4.39 Å². The fraction of sp³-hybridized carbons (Fsp3) is 0.500. The largest absolute Gasteiger partial charge is 0.305 e. The van der Waals surface area contributed by atoms with Crippen molar-refractivity contribution in [1.82, 2.24) is 25.5 Å². The van der Waals surface area contributed by atoms with Crippen molar-refractivity contribution in [2.75, 3.05) is 0 Å². The molecule has 0 saturated heterocycles. The van der Waals surface area contributed by atoms with Crippen LogP contribution < -0.4 is 5.32 Å². The van der Waals surface area contributed by atoms with Crippen molar-refractivity contribution >= 4 is 0 Å². The first kappa shape index (κ1) is 14.6. The Morgan fingerprint density at radius 2 is 2.00 bits per heavy atom. The van der Waals surface area contributed by atoms with Crippen LogP contribution in [0.1, 0.15) is 45.1 Å². The summed E-state index contributed by atoms with van der Waals surface area (Å²) < 4.78 is 15.5. The molecule has 1 unspecified atom stereocenters. The molecule has 5 nitrogen and oxygen atoms in total. The highest BCUT2D eigenvalue weighted by Crippen LogP contribution is 2.20. The number of nitrogens with one attached hydrogen (secondary N) is 1. The summed E-state index contributed by atoms with van der Waals surface area (Å²) in [6.07, 6.45) is 0. The molecule has 1 heterocycles. The molecule has 0 spiro atoms. The Morgan fingerprint density at radius 1 is 1.30 bits per heavy atom. The van der Waals surface area contributed by atoms with Gasteiger partial charge < -0.3 is 5.32 Å². The van der Waals surface area contributed by atoms with Gasteiger partial charge in [-0.1, -0.05) is 18.2 Å². The predicted molar refractivity (Wildman–Crippen MR) is 74.6 cm³/mol. The van der Waals surface area contributed by atoms with Crippen molar-refractivity contribution < 1.29 is 4.39 Å². The lowest BCUT2D eigenvalue weighted by Gasteiger charge is -2.21. The van der Waals surface area contributed by atoms with Crippen LogP contribution >= 0.6 is 0 Å². The number of aromatic nitrogens is 4. The van der Waals surface area contributed by atoms with E-state index in [-0.39, 0.29) is 17.4 Å². The summed E-state index contributed by atoms with van der Waals surface area (Å²) >= 11 is 0. The fourth-order valence-electron chi connectivity index (χ4n) is 1.92. The Hall–Kier alpha value is -1.82. The van der Waals surface area contributed by atoms with E-state index in [1.807, 2.05) is 13.0 Å². The topological polar surface area (TPSA) is 55.6 Å². The molecule has 0 saturated carbocycles. The summed E-state index contributed by atoms with van der Waals surface area (Å²) in [4.78, 5) is 0. The molecule has 0 amide bonds. The Kier molecular flexibility index (Phi) is 4.13. The fourth-order valence-corrected chi connectivity index (χ4v) is 1.92. The Bertz CT molecular complexity index is 573. The van der Waals surface area contributed by atoms with E-state index in [1.54, 1.807) is 16.8 Å². The van der Waals surface area contributed by atoms with E-state index in [4.69, 9.17) is 0 Å². The summed E-state index contributed by atoms with van der Waals surface area (Å²) in [7, 11) is 0. The molecular weight excluding hydrogens is 257 g/mol. The van der Waals surface area contributed by atoms with E-state index < -0.39 is 0 Å². The van der Waals surface area contributed by atoms with Gasteiger partial charge in [0.25, 0.3) is 0 Å². The number of hydrogen-bond acceptors (Lipinski definition) is 4. The molecule has 0 aliphatic carbocycles. The highest BCUT2D eigenvalue weighted by atomic mass is 19.1. The third-order valence-electron chi connectivity index (χ3n) is 3.06. The average molecular weight is 277 g/mol. The van der Waals surface area contributed by atoms with Gasteiger partial charge >= 0.3 is 0 Å². The molecule has 108 valence electrons. The molecule has 0 aliphatic heterocycles. The second-order valence-electron chi connectivity index (χ2n) is 5.84. The number of halogens is 1. The molecule has 1 atom stereocenters. The van der Waals surface area contributed by atoms with Gasteiger partial charge in [-0.2, -0.15) is 0 Å². The summed E-state index contributed by atoms with van der Waals surface area (Å²) in [6.45, 7) is 8.63. The molecule has 2 aromatic rings. The molecule has 1 aromatic carbocycles. The number of tetrazole rings is 1. The Balaban J connectivity index is 2.21. The zero-order chi connectivity index (χ0) is 14.8. The summed E-state index contributed by atoms with van der Waals surface area (Å²) in [5.74, 6) is 0.445. The number of rotatable bonds is 4. The molecule has 6 heteroatoms. The van der Waals surface area contributed by atoms with E-state index in [0.717, 1.165) is 0 Å². The maximum Gasteiger partial charge on any atom is 0.165 e. The second-order valence-corrected chi connectivity index (χ2v) is 5.84. The van der Waals surface area contributed by atoms with E-state index in [1.165, 1.54) is 6.07 Å². The van der Waals surface area contributed by atoms with Crippen molar-refractivity contribution in [2.24, 2.45) is 0 Å². The lowest BCUT2D eigenvalue weighted by Crippen LogP contribution is -2.36. The van der Waals surface area contributed by atoms with Gasteiger partial charge in [0, 0.05) is 11.1 Å². The van der Waals surface area contributed by atoms with Crippen molar-refractivity contribution in [3.8, 4) is 0 Å². The van der Waals surface area contributed by atoms with Gasteiger partial charge in [0.15, 0.2) is 5.82 Å². The normalized spacial score (nSPS) is 13.4. The third kappa shape index (κ3) is 3.39. The van der Waals surface area contributed by atoms with Gasteiger partial charge in [-0.15, -0.1) is 5.10 Å². The third-order valence-corrected chi connectivity index (χ3v) is 3.06. The van der Waals surface area contributed by atoms with Gasteiger partial charge in [-0.05, 0) is 44.2 Å². The molecule has 1 N–H and O–H groups in total. The summed E-state index contributed by atoms with van der Waals surface area (Å²) in [5.41, 5.74) is 0.551. The first-order chi connectivity index (χ1) is 9.38. The number of benzene rings is 1. The van der Waals surface area contributed by atoms with E-state index in [0.29, 0.717) is 17.9 Å². The van der Waals surface area contributed by atoms with E-state index in [9.17, 15) is 4.39 Å². The van der Waals surface area contributed by atoms with Gasteiger partial charge in [0.2, 0.25) is 0 Å². The minimum atomic E-state index is -0.247. The van der Waals surface area contributed by atoms with Crippen LogP contribution in [0.5, 0.6) is 0 Å². The lowest BCUT2D eigenvalue weighted by molar-refractivity contribution is 0.401. The molecule has 0 fully saturated rings. The second kappa shape index (κ2) is 5.66. The first-order valence-electron chi connectivity index (χ1n) is 6.64. The highest BCUT2D eigenvalue weighted by Gasteiger charge is 2.19. The Labute approximate surface area is 118 Å².